The molecule has 0 aromatic heterocycles. The highest BCUT2D eigenvalue weighted by molar-refractivity contribution is 5.62. The van der Waals surface area contributed by atoms with E-state index in [-0.39, 0.29) is 17.4 Å². The molecule has 0 saturated heterocycles. The van der Waals surface area contributed by atoms with E-state index in [1.807, 2.05) is 89.2 Å². The summed E-state index contributed by atoms with van der Waals surface area (Å²) in [5.74, 6) is -0.0935. The Hall–Kier alpha value is -2.56. The van der Waals surface area contributed by atoms with Gasteiger partial charge < -0.3 is 10.6 Å². The van der Waals surface area contributed by atoms with E-state index in [9.17, 15) is 10.1 Å². The molecule has 0 saturated carbocycles. The average Bonchev–Trinajstić information content (AvgIpc) is 2.56. The van der Waals surface area contributed by atoms with Crippen molar-refractivity contribution in [2.24, 2.45) is 11.3 Å². The standard InChI is InChI=1S/C21H29N3O2/c1-16(2)21(24(25)26,20(3,4)5)15-22-17-11-13-19(14-12-17)23-18-9-7-6-8-10-18/h6-14,16,22-23H,15H2,1-5H3. The Balaban J connectivity index is 2.11. The van der Waals surface area contributed by atoms with Crippen LogP contribution in [-0.4, -0.2) is 17.0 Å². The SMILES string of the molecule is CC(C)C(CNc1ccc(Nc2ccccc2)cc1)([N+](=O)[O-])C(C)(C)C. The van der Waals surface area contributed by atoms with Gasteiger partial charge in [0, 0.05) is 33.3 Å². The second-order valence-corrected chi connectivity index (χ2v) is 8.01. The predicted molar refractivity (Wildman–Crippen MR) is 109 cm³/mol. The number of nitrogens with zero attached hydrogens (tertiary/aromatic N) is 1. The molecule has 0 aliphatic heterocycles. The van der Waals surface area contributed by atoms with Crippen LogP contribution in [0.5, 0.6) is 0 Å². The molecular formula is C21H29N3O2. The summed E-state index contributed by atoms with van der Waals surface area (Å²) in [6.07, 6.45) is 0. The predicted octanol–water partition coefficient (Wildman–Crippen LogP) is 5.56. The van der Waals surface area contributed by atoms with Gasteiger partial charge in [-0.25, -0.2) is 0 Å². The highest BCUT2D eigenvalue weighted by Gasteiger charge is 2.55. The number of anilines is 3. The van der Waals surface area contributed by atoms with Crippen LogP contribution >= 0.6 is 0 Å². The molecule has 0 aliphatic rings. The lowest BCUT2D eigenvalue weighted by Crippen LogP contribution is -2.58. The first-order chi connectivity index (χ1) is 12.2. The Kier molecular flexibility index (Phi) is 5.90. The van der Waals surface area contributed by atoms with Crippen LogP contribution in [0.4, 0.5) is 17.1 Å². The summed E-state index contributed by atoms with van der Waals surface area (Å²) in [6.45, 7) is 9.93. The molecule has 0 bridgehead atoms. The molecule has 0 fully saturated rings. The molecule has 5 nitrogen and oxygen atoms in total. The zero-order valence-corrected chi connectivity index (χ0v) is 16.2. The quantitative estimate of drug-likeness (QED) is 0.504. The third-order valence-corrected chi connectivity index (χ3v) is 5.09. The van der Waals surface area contributed by atoms with Gasteiger partial charge in [0.15, 0.2) is 0 Å². The van der Waals surface area contributed by atoms with Crippen molar-refractivity contribution >= 4 is 17.1 Å². The van der Waals surface area contributed by atoms with E-state index >= 15 is 0 Å². The van der Waals surface area contributed by atoms with Crippen LogP contribution in [0.25, 0.3) is 0 Å². The van der Waals surface area contributed by atoms with Crippen LogP contribution in [0.2, 0.25) is 0 Å². The topological polar surface area (TPSA) is 67.2 Å². The van der Waals surface area contributed by atoms with Crippen LogP contribution in [0.3, 0.4) is 0 Å². The maximum atomic E-state index is 11.9. The highest BCUT2D eigenvalue weighted by atomic mass is 16.6. The van der Waals surface area contributed by atoms with Crippen LogP contribution in [0.1, 0.15) is 34.6 Å². The third kappa shape index (κ3) is 4.15. The van der Waals surface area contributed by atoms with Crippen molar-refractivity contribution < 1.29 is 4.92 Å². The Morgan fingerprint density at radius 1 is 0.923 bits per heavy atom. The minimum absolute atomic E-state index is 0.0935. The maximum absolute atomic E-state index is 11.9. The fourth-order valence-corrected chi connectivity index (χ4v) is 3.48. The van der Waals surface area contributed by atoms with E-state index < -0.39 is 11.0 Å². The minimum Gasteiger partial charge on any atom is -0.378 e. The molecule has 2 aromatic rings. The fraction of sp³-hybridized carbons (Fsp3) is 0.429. The van der Waals surface area contributed by atoms with Crippen molar-refractivity contribution in [2.75, 3.05) is 17.2 Å². The number of rotatable bonds is 7. The smallest absolute Gasteiger partial charge is 0.246 e. The molecule has 0 heterocycles. The van der Waals surface area contributed by atoms with Gasteiger partial charge in [0.05, 0.1) is 6.54 Å². The molecule has 0 radical (unpaired) electrons. The summed E-state index contributed by atoms with van der Waals surface area (Å²) >= 11 is 0. The van der Waals surface area contributed by atoms with Gasteiger partial charge in [-0.2, -0.15) is 0 Å². The molecule has 26 heavy (non-hydrogen) atoms. The zero-order valence-electron chi connectivity index (χ0n) is 16.2. The second kappa shape index (κ2) is 7.77. The Morgan fingerprint density at radius 3 is 1.88 bits per heavy atom. The van der Waals surface area contributed by atoms with E-state index in [0.29, 0.717) is 0 Å². The van der Waals surface area contributed by atoms with E-state index in [1.54, 1.807) is 0 Å². The molecule has 140 valence electrons. The van der Waals surface area contributed by atoms with Gasteiger partial charge in [-0.05, 0) is 36.4 Å². The molecule has 0 amide bonds. The average molecular weight is 355 g/mol. The Labute approximate surface area is 156 Å². The summed E-state index contributed by atoms with van der Waals surface area (Å²) < 4.78 is 0. The van der Waals surface area contributed by atoms with Crippen molar-refractivity contribution in [3.63, 3.8) is 0 Å². The van der Waals surface area contributed by atoms with Crippen molar-refractivity contribution in [2.45, 2.75) is 40.2 Å². The van der Waals surface area contributed by atoms with Crippen molar-refractivity contribution in [1.82, 2.24) is 0 Å². The summed E-state index contributed by atoms with van der Waals surface area (Å²) in [4.78, 5) is 11.8. The molecule has 5 heteroatoms. The first-order valence-corrected chi connectivity index (χ1v) is 8.97. The van der Waals surface area contributed by atoms with Gasteiger partial charge in [0.1, 0.15) is 0 Å². The summed E-state index contributed by atoms with van der Waals surface area (Å²) in [6, 6.07) is 17.8. The van der Waals surface area contributed by atoms with Gasteiger partial charge in [-0.15, -0.1) is 0 Å². The van der Waals surface area contributed by atoms with E-state index in [1.165, 1.54) is 0 Å². The molecular weight excluding hydrogens is 326 g/mol. The summed E-state index contributed by atoms with van der Waals surface area (Å²) in [7, 11) is 0. The lowest BCUT2D eigenvalue weighted by Gasteiger charge is -2.40. The number of nitrogens with one attached hydrogen (secondary N) is 2. The minimum atomic E-state index is -1.05. The fourth-order valence-electron chi connectivity index (χ4n) is 3.48. The van der Waals surface area contributed by atoms with Crippen molar-refractivity contribution in [1.29, 1.82) is 0 Å². The number of hydrogen-bond acceptors (Lipinski definition) is 4. The monoisotopic (exact) mass is 355 g/mol. The molecule has 2 rings (SSSR count). The number of benzene rings is 2. The first kappa shape index (κ1) is 19.8. The van der Waals surface area contributed by atoms with E-state index in [0.717, 1.165) is 17.1 Å². The number of hydrogen-bond donors (Lipinski definition) is 2. The van der Waals surface area contributed by atoms with Gasteiger partial charge in [-0.1, -0.05) is 52.8 Å². The molecule has 0 aliphatic carbocycles. The summed E-state index contributed by atoms with van der Waals surface area (Å²) in [5.41, 5.74) is 1.36. The zero-order chi connectivity index (χ0) is 19.4. The van der Waals surface area contributed by atoms with Crippen LogP contribution in [0, 0.1) is 21.4 Å². The lowest BCUT2D eigenvalue weighted by molar-refractivity contribution is -0.595. The Morgan fingerprint density at radius 2 is 1.42 bits per heavy atom. The van der Waals surface area contributed by atoms with Crippen molar-refractivity contribution in [3.8, 4) is 0 Å². The lowest BCUT2D eigenvalue weighted by atomic mass is 9.67. The summed E-state index contributed by atoms with van der Waals surface area (Å²) in [5, 5.41) is 18.5. The van der Waals surface area contributed by atoms with Crippen LogP contribution in [-0.2, 0) is 0 Å². The largest absolute Gasteiger partial charge is 0.378 e. The third-order valence-electron chi connectivity index (χ3n) is 5.09. The van der Waals surface area contributed by atoms with E-state index in [4.69, 9.17) is 0 Å². The van der Waals surface area contributed by atoms with Crippen LogP contribution in [0.15, 0.2) is 54.6 Å². The van der Waals surface area contributed by atoms with Crippen molar-refractivity contribution in [3.05, 3.63) is 64.7 Å². The van der Waals surface area contributed by atoms with E-state index in [2.05, 4.69) is 10.6 Å². The highest BCUT2D eigenvalue weighted by Crippen LogP contribution is 2.39. The second-order valence-electron chi connectivity index (χ2n) is 8.01. The molecule has 1 atom stereocenters. The molecule has 2 N–H and O–H groups in total. The molecule has 0 spiro atoms. The van der Waals surface area contributed by atoms with Gasteiger partial charge in [0.2, 0.25) is 5.54 Å². The van der Waals surface area contributed by atoms with Gasteiger partial charge >= 0.3 is 0 Å². The molecule has 1 unspecified atom stereocenters. The van der Waals surface area contributed by atoms with Crippen LogP contribution < -0.4 is 10.6 Å². The maximum Gasteiger partial charge on any atom is 0.246 e. The number of para-hydroxylation sites is 1. The molecule has 2 aromatic carbocycles. The first-order valence-electron chi connectivity index (χ1n) is 8.97. The van der Waals surface area contributed by atoms with Gasteiger partial charge in [-0.3, -0.25) is 10.1 Å². The Bertz CT molecular complexity index is 721. The normalized spacial score (nSPS) is 13.9. The van der Waals surface area contributed by atoms with Gasteiger partial charge in [0.25, 0.3) is 0 Å². The number of nitro groups is 1.